The molecule has 2 aromatic rings. The molecule has 0 aliphatic rings. The summed E-state index contributed by atoms with van der Waals surface area (Å²) in [4.78, 5) is 1.57. The number of quaternary nitrogens is 1. The molecular weight excluding hydrogens is 310 g/mol. The van der Waals surface area contributed by atoms with Crippen LogP contribution in [0.2, 0.25) is 0 Å². The number of aromatic hydroxyl groups is 1. The van der Waals surface area contributed by atoms with E-state index in [1.807, 2.05) is 24.3 Å². The largest absolute Gasteiger partial charge is 0.508 e. The number of phenolic OH excluding ortho intramolecular Hbond substituents is 1. The van der Waals surface area contributed by atoms with Crippen molar-refractivity contribution in [2.24, 2.45) is 0 Å². The fraction of sp³-hybridized carbons (Fsp3) is 0.455. The van der Waals surface area contributed by atoms with Gasteiger partial charge in [0, 0.05) is 17.9 Å². The maximum absolute atomic E-state index is 10.5. The third-order valence-electron chi connectivity index (χ3n) is 5.06. The van der Waals surface area contributed by atoms with Crippen LogP contribution in [0.1, 0.15) is 56.7 Å². The SMILES string of the molecule is CC(C)[NH+](CC[C@H](c1ccccc1)c1cc(CO)ccc1O)C(C)C. The van der Waals surface area contributed by atoms with Gasteiger partial charge in [0.15, 0.2) is 0 Å². The van der Waals surface area contributed by atoms with Crippen LogP contribution in [-0.2, 0) is 6.61 Å². The molecule has 2 rings (SSSR count). The first-order valence-electron chi connectivity index (χ1n) is 9.27. The van der Waals surface area contributed by atoms with Crippen LogP contribution in [0.5, 0.6) is 5.75 Å². The second kappa shape index (κ2) is 9.02. The molecule has 0 saturated heterocycles. The molecule has 0 aliphatic carbocycles. The standard InChI is InChI=1S/C22H31NO2/c1-16(2)23(17(3)4)13-12-20(19-8-6-5-7-9-19)21-14-18(15-24)10-11-22(21)25/h5-11,14,16-17,20,24-25H,12-13,15H2,1-4H3/p+1/t20-/m1/s1. The van der Waals surface area contributed by atoms with Gasteiger partial charge in [0.1, 0.15) is 5.75 Å². The second-order valence-corrected chi connectivity index (χ2v) is 7.44. The topological polar surface area (TPSA) is 44.9 Å². The second-order valence-electron chi connectivity index (χ2n) is 7.44. The zero-order valence-corrected chi connectivity index (χ0v) is 15.9. The predicted octanol–water partition coefficient (Wildman–Crippen LogP) is 3.11. The zero-order chi connectivity index (χ0) is 18.4. The van der Waals surface area contributed by atoms with Gasteiger partial charge in [-0.15, -0.1) is 0 Å². The van der Waals surface area contributed by atoms with E-state index in [-0.39, 0.29) is 12.5 Å². The highest BCUT2D eigenvalue weighted by Gasteiger charge is 2.23. The van der Waals surface area contributed by atoms with E-state index >= 15 is 0 Å². The minimum absolute atomic E-state index is 0.00977. The minimum atomic E-state index is -0.00977. The third kappa shape index (κ3) is 5.07. The fourth-order valence-electron chi connectivity index (χ4n) is 3.72. The Bertz CT molecular complexity index is 644. The van der Waals surface area contributed by atoms with Gasteiger partial charge >= 0.3 is 0 Å². The molecule has 0 aliphatic heterocycles. The van der Waals surface area contributed by atoms with Crippen LogP contribution < -0.4 is 4.90 Å². The van der Waals surface area contributed by atoms with Gasteiger partial charge in [-0.25, -0.2) is 0 Å². The first kappa shape index (κ1) is 19.5. The van der Waals surface area contributed by atoms with E-state index in [1.165, 1.54) is 5.56 Å². The molecule has 3 nitrogen and oxygen atoms in total. The molecule has 1 atom stereocenters. The Balaban J connectivity index is 2.35. The monoisotopic (exact) mass is 342 g/mol. The van der Waals surface area contributed by atoms with E-state index < -0.39 is 0 Å². The molecule has 0 amide bonds. The van der Waals surface area contributed by atoms with E-state index in [0.29, 0.717) is 17.8 Å². The number of phenols is 1. The molecule has 2 aromatic carbocycles. The minimum Gasteiger partial charge on any atom is -0.508 e. The predicted molar refractivity (Wildman–Crippen MR) is 103 cm³/mol. The van der Waals surface area contributed by atoms with Gasteiger partial charge in [-0.05, 0) is 51.0 Å². The molecule has 3 N–H and O–H groups in total. The summed E-state index contributed by atoms with van der Waals surface area (Å²) < 4.78 is 0. The van der Waals surface area contributed by atoms with Crippen molar-refractivity contribution in [2.75, 3.05) is 6.54 Å². The maximum Gasteiger partial charge on any atom is 0.119 e. The zero-order valence-electron chi connectivity index (χ0n) is 15.9. The van der Waals surface area contributed by atoms with Gasteiger partial charge < -0.3 is 15.1 Å². The van der Waals surface area contributed by atoms with Crippen molar-refractivity contribution in [3.8, 4) is 5.75 Å². The third-order valence-corrected chi connectivity index (χ3v) is 5.06. The first-order valence-corrected chi connectivity index (χ1v) is 9.27. The van der Waals surface area contributed by atoms with Gasteiger partial charge in [-0.3, -0.25) is 0 Å². The van der Waals surface area contributed by atoms with E-state index in [2.05, 4.69) is 39.8 Å². The maximum atomic E-state index is 10.5. The number of nitrogens with one attached hydrogen (secondary N) is 1. The molecule has 0 aromatic heterocycles. The quantitative estimate of drug-likeness (QED) is 0.690. The van der Waals surface area contributed by atoms with Crippen LogP contribution in [0.15, 0.2) is 48.5 Å². The lowest BCUT2D eigenvalue weighted by Crippen LogP contribution is -3.17. The van der Waals surface area contributed by atoms with Crippen LogP contribution >= 0.6 is 0 Å². The van der Waals surface area contributed by atoms with Gasteiger partial charge in [-0.1, -0.05) is 36.4 Å². The average molecular weight is 343 g/mol. The van der Waals surface area contributed by atoms with Gasteiger partial charge in [0.2, 0.25) is 0 Å². The number of hydrogen-bond acceptors (Lipinski definition) is 2. The Labute approximate surface area is 151 Å². The van der Waals surface area contributed by atoms with Gasteiger partial charge in [0.25, 0.3) is 0 Å². The molecular formula is C22H32NO2+. The number of rotatable bonds is 8. The van der Waals surface area contributed by atoms with Crippen molar-refractivity contribution < 1.29 is 15.1 Å². The lowest BCUT2D eigenvalue weighted by molar-refractivity contribution is -0.942. The molecule has 0 bridgehead atoms. The van der Waals surface area contributed by atoms with Crippen molar-refractivity contribution in [1.82, 2.24) is 0 Å². The molecule has 0 spiro atoms. The molecule has 3 heteroatoms. The Morgan fingerprint density at radius 1 is 0.920 bits per heavy atom. The van der Waals surface area contributed by atoms with Crippen molar-refractivity contribution >= 4 is 0 Å². The van der Waals surface area contributed by atoms with Crippen molar-refractivity contribution in [1.29, 1.82) is 0 Å². The molecule has 0 fully saturated rings. The summed E-state index contributed by atoms with van der Waals surface area (Å²) in [6.45, 7) is 10.1. The van der Waals surface area contributed by atoms with Gasteiger partial charge in [-0.2, -0.15) is 0 Å². The highest BCUT2D eigenvalue weighted by atomic mass is 16.3. The summed E-state index contributed by atoms with van der Waals surface area (Å²) in [6.07, 6.45) is 0.956. The average Bonchev–Trinajstić information content (AvgIpc) is 2.59. The summed E-state index contributed by atoms with van der Waals surface area (Å²) in [7, 11) is 0. The molecule has 0 heterocycles. The van der Waals surface area contributed by atoms with E-state index in [1.54, 1.807) is 17.0 Å². The molecule has 25 heavy (non-hydrogen) atoms. The Morgan fingerprint density at radius 2 is 1.56 bits per heavy atom. The molecule has 0 unspecified atom stereocenters. The number of hydrogen-bond donors (Lipinski definition) is 3. The number of benzene rings is 2. The Kier molecular flexibility index (Phi) is 7.03. The fourth-order valence-corrected chi connectivity index (χ4v) is 3.72. The van der Waals surface area contributed by atoms with Crippen molar-refractivity contribution in [2.45, 2.75) is 58.7 Å². The Morgan fingerprint density at radius 3 is 2.12 bits per heavy atom. The molecule has 136 valence electrons. The van der Waals surface area contributed by atoms with E-state index in [0.717, 1.165) is 24.1 Å². The number of aliphatic hydroxyl groups is 1. The molecule has 0 radical (unpaired) electrons. The summed E-state index contributed by atoms with van der Waals surface area (Å²) in [5.74, 6) is 0.432. The lowest BCUT2D eigenvalue weighted by atomic mass is 9.86. The normalized spacial score (nSPS) is 13.0. The molecule has 0 saturated carbocycles. The summed E-state index contributed by atoms with van der Waals surface area (Å²) in [5, 5.41) is 19.9. The summed E-state index contributed by atoms with van der Waals surface area (Å²) in [6, 6.07) is 16.9. The van der Waals surface area contributed by atoms with Crippen LogP contribution in [0, 0.1) is 0 Å². The van der Waals surface area contributed by atoms with Gasteiger partial charge in [0.05, 0.1) is 25.2 Å². The van der Waals surface area contributed by atoms with Crippen LogP contribution in [0.25, 0.3) is 0 Å². The highest BCUT2D eigenvalue weighted by molar-refractivity contribution is 5.43. The van der Waals surface area contributed by atoms with Crippen LogP contribution in [0.3, 0.4) is 0 Å². The van der Waals surface area contributed by atoms with E-state index in [4.69, 9.17) is 0 Å². The first-order chi connectivity index (χ1) is 11.9. The highest BCUT2D eigenvalue weighted by Crippen LogP contribution is 2.34. The van der Waals surface area contributed by atoms with Crippen LogP contribution in [0.4, 0.5) is 0 Å². The summed E-state index contributed by atoms with van der Waals surface area (Å²) in [5.41, 5.74) is 2.95. The Hall–Kier alpha value is -1.84. The lowest BCUT2D eigenvalue weighted by Gasteiger charge is -2.29. The van der Waals surface area contributed by atoms with Crippen molar-refractivity contribution in [3.05, 3.63) is 65.2 Å². The number of aliphatic hydroxyl groups excluding tert-OH is 1. The summed E-state index contributed by atoms with van der Waals surface area (Å²) >= 11 is 0. The van der Waals surface area contributed by atoms with Crippen molar-refractivity contribution in [3.63, 3.8) is 0 Å². The van der Waals surface area contributed by atoms with E-state index in [9.17, 15) is 10.2 Å². The smallest absolute Gasteiger partial charge is 0.119 e. The van der Waals surface area contributed by atoms with Crippen LogP contribution in [-0.4, -0.2) is 28.8 Å².